The van der Waals surface area contributed by atoms with Gasteiger partial charge in [0.2, 0.25) is 5.12 Å². The topological polar surface area (TPSA) is 53.4 Å². The Bertz CT molecular complexity index is 207. The lowest BCUT2D eigenvalue weighted by Crippen LogP contribution is -2.16. The van der Waals surface area contributed by atoms with Gasteiger partial charge in [-0.25, -0.2) is 0 Å². The lowest BCUT2D eigenvalue weighted by atomic mass is 10.3. The Kier molecular flexibility index (Phi) is 1.94. The van der Waals surface area contributed by atoms with Gasteiger partial charge in [-0.2, -0.15) is 0 Å². The van der Waals surface area contributed by atoms with Crippen molar-refractivity contribution >= 4 is 12.6 Å². The van der Waals surface area contributed by atoms with Gasteiger partial charge in [0.25, 0.3) is 0 Å². The number of thiol groups is 1. The van der Waals surface area contributed by atoms with Crippen molar-refractivity contribution < 1.29 is 10.2 Å². The Morgan fingerprint density at radius 2 is 2.20 bits per heavy atom. The van der Waals surface area contributed by atoms with Crippen LogP contribution < -0.4 is 0 Å². The zero-order valence-electron chi connectivity index (χ0n) is 5.10. The third-order valence-corrected chi connectivity index (χ3v) is 1.31. The molecule has 0 radical (unpaired) electrons. The van der Waals surface area contributed by atoms with Crippen molar-refractivity contribution in [2.24, 2.45) is 0 Å². The van der Waals surface area contributed by atoms with E-state index in [0.717, 1.165) is 0 Å². The highest BCUT2D eigenvalue weighted by molar-refractivity contribution is 7.80. The van der Waals surface area contributed by atoms with Gasteiger partial charge >= 0.3 is 0 Å². The highest BCUT2D eigenvalue weighted by Gasteiger charge is 2.18. The predicted octanol–water partition coefficient (Wildman–Crippen LogP) is 0.106. The van der Waals surface area contributed by atoms with Gasteiger partial charge in [-0.05, 0) is 12.1 Å². The third kappa shape index (κ3) is 1.70. The molecule has 0 aromatic carbocycles. The molecule has 0 bridgehead atoms. The second-order valence-corrected chi connectivity index (χ2v) is 2.50. The molecule has 10 heavy (non-hydrogen) atoms. The van der Waals surface area contributed by atoms with E-state index in [1.807, 2.05) is 0 Å². The van der Waals surface area contributed by atoms with Crippen LogP contribution in [0.15, 0.2) is 24.5 Å². The highest BCUT2D eigenvalue weighted by Crippen LogP contribution is 2.19. The molecular formula is C6H7NO2S. The van der Waals surface area contributed by atoms with Crippen molar-refractivity contribution in [3.63, 3.8) is 0 Å². The van der Waals surface area contributed by atoms with E-state index in [1.54, 1.807) is 12.3 Å². The van der Waals surface area contributed by atoms with Crippen LogP contribution in [0.2, 0.25) is 0 Å². The highest BCUT2D eigenvalue weighted by atomic mass is 32.1. The molecule has 0 aliphatic rings. The summed E-state index contributed by atoms with van der Waals surface area (Å²) >= 11 is 3.52. The summed E-state index contributed by atoms with van der Waals surface area (Å²) in [6.45, 7) is 0. The van der Waals surface area contributed by atoms with Crippen LogP contribution in [-0.4, -0.2) is 15.2 Å². The van der Waals surface area contributed by atoms with Crippen LogP contribution in [0.1, 0.15) is 5.56 Å². The van der Waals surface area contributed by atoms with E-state index in [2.05, 4.69) is 17.6 Å². The van der Waals surface area contributed by atoms with E-state index in [0.29, 0.717) is 0 Å². The molecular weight excluding hydrogens is 150 g/mol. The lowest BCUT2D eigenvalue weighted by Gasteiger charge is -2.13. The maximum atomic E-state index is 8.87. The van der Waals surface area contributed by atoms with Crippen molar-refractivity contribution in [3.8, 4) is 0 Å². The summed E-state index contributed by atoms with van der Waals surface area (Å²) in [6.07, 6.45) is 2.88. The fourth-order valence-corrected chi connectivity index (χ4v) is 0.693. The van der Waals surface area contributed by atoms with Gasteiger partial charge in [0, 0.05) is 18.0 Å². The van der Waals surface area contributed by atoms with Crippen molar-refractivity contribution in [1.29, 1.82) is 0 Å². The number of aliphatic hydroxyl groups is 2. The van der Waals surface area contributed by atoms with Crippen LogP contribution in [0.3, 0.4) is 0 Å². The summed E-state index contributed by atoms with van der Waals surface area (Å²) in [5.74, 6) is 0. The molecule has 0 fully saturated rings. The monoisotopic (exact) mass is 157 g/mol. The quantitative estimate of drug-likeness (QED) is 0.400. The Morgan fingerprint density at radius 3 is 2.50 bits per heavy atom. The van der Waals surface area contributed by atoms with Gasteiger partial charge in [-0.15, -0.1) is 12.6 Å². The smallest absolute Gasteiger partial charge is 0.239 e. The van der Waals surface area contributed by atoms with Gasteiger partial charge in [-0.3, -0.25) is 4.98 Å². The number of pyridine rings is 1. The second-order valence-electron chi connectivity index (χ2n) is 1.88. The fraction of sp³-hybridized carbons (Fsp3) is 0.167. The molecule has 1 aromatic heterocycles. The van der Waals surface area contributed by atoms with Crippen LogP contribution in [0.4, 0.5) is 0 Å². The van der Waals surface area contributed by atoms with E-state index in [4.69, 9.17) is 10.2 Å². The Labute approximate surface area is 63.8 Å². The van der Waals surface area contributed by atoms with Crippen molar-refractivity contribution in [2.45, 2.75) is 5.12 Å². The SMILES string of the molecule is OC(O)(S)c1cccnc1. The van der Waals surface area contributed by atoms with E-state index >= 15 is 0 Å². The van der Waals surface area contributed by atoms with Crippen molar-refractivity contribution in [2.75, 3.05) is 0 Å². The first-order valence-corrected chi connectivity index (χ1v) is 3.13. The van der Waals surface area contributed by atoms with E-state index in [9.17, 15) is 0 Å². The number of hydrogen-bond acceptors (Lipinski definition) is 4. The first-order valence-electron chi connectivity index (χ1n) is 2.68. The third-order valence-electron chi connectivity index (χ3n) is 1.05. The summed E-state index contributed by atoms with van der Waals surface area (Å²) in [5.41, 5.74) is 0.262. The zero-order valence-corrected chi connectivity index (χ0v) is 5.99. The largest absolute Gasteiger partial charge is 0.354 e. The minimum absolute atomic E-state index is 0.262. The lowest BCUT2D eigenvalue weighted by molar-refractivity contribution is -0.0797. The molecule has 0 saturated heterocycles. The standard InChI is InChI=1S/C6H7NO2S/c8-6(9,10)5-2-1-3-7-4-5/h1-4,8-10H. The molecule has 2 N–H and O–H groups in total. The van der Waals surface area contributed by atoms with Gasteiger partial charge in [0.05, 0.1) is 0 Å². The molecule has 4 heteroatoms. The zero-order chi connectivity index (χ0) is 7.61. The summed E-state index contributed by atoms with van der Waals surface area (Å²) in [6, 6.07) is 3.13. The molecule has 0 aliphatic heterocycles. The predicted molar refractivity (Wildman–Crippen MR) is 39.3 cm³/mol. The molecule has 1 heterocycles. The average molecular weight is 157 g/mol. The molecule has 0 amide bonds. The summed E-state index contributed by atoms with van der Waals surface area (Å²) in [4.78, 5) is 3.68. The van der Waals surface area contributed by atoms with Gasteiger partial charge in [0.1, 0.15) is 0 Å². The van der Waals surface area contributed by atoms with E-state index in [1.165, 1.54) is 12.3 Å². The van der Waals surface area contributed by atoms with Crippen LogP contribution in [0.5, 0.6) is 0 Å². The molecule has 0 atom stereocenters. The van der Waals surface area contributed by atoms with Crippen molar-refractivity contribution in [1.82, 2.24) is 4.98 Å². The number of hydrogen-bond donors (Lipinski definition) is 3. The Morgan fingerprint density at radius 1 is 1.50 bits per heavy atom. The van der Waals surface area contributed by atoms with Crippen LogP contribution in [0, 0.1) is 0 Å². The summed E-state index contributed by atoms with van der Waals surface area (Å²) in [5, 5.41) is 15.7. The van der Waals surface area contributed by atoms with Crippen LogP contribution in [0.25, 0.3) is 0 Å². The van der Waals surface area contributed by atoms with Gasteiger partial charge in [0.15, 0.2) is 0 Å². The minimum Gasteiger partial charge on any atom is -0.354 e. The molecule has 1 rings (SSSR count). The molecule has 0 spiro atoms. The Hall–Kier alpha value is -0.580. The normalized spacial score (nSPS) is 11.5. The fourth-order valence-electron chi connectivity index (χ4n) is 0.561. The van der Waals surface area contributed by atoms with Gasteiger partial charge < -0.3 is 10.2 Å². The molecule has 1 aromatic rings. The maximum absolute atomic E-state index is 8.87. The minimum atomic E-state index is -2.08. The molecule has 54 valence electrons. The number of aromatic nitrogens is 1. The van der Waals surface area contributed by atoms with E-state index < -0.39 is 5.12 Å². The number of nitrogens with zero attached hydrogens (tertiary/aromatic N) is 1. The molecule has 0 saturated carbocycles. The number of rotatable bonds is 1. The van der Waals surface area contributed by atoms with Crippen LogP contribution in [-0.2, 0) is 5.12 Å². The molecule has 0 unspecified atom stereocenters. The maximum Gasteiger partial charge on any atom is 0.239 e. The van der Waals surface area contributed by atoms with Crippen molar-refractivity contribution in [3.05, 3.63) is 30.1 Å². The summed E-state index contributed by atoms with van der Waals surface area (Å²) in [7, 11) is 0. The molecule has 3 nitrogen and oxygen atoms in total. The summed E-state index contributed by atoms with van der Waals surface area (Å²) < 4.78 is 0. The van der Waals surface area contributed by atoms with Gasteiger partial charge in [-0.1, -0.05) is 0 Å². The Balaban J connectivity index is 2.97. The average Bonchev–Trinajstić information content (AvgIpc) is 1.88. The first kappa shape index (κ1) is 7.53. The first-order chi connectivity index (χ1) is 4.61. The molecule has 0 aliphatic carbocycles. The second kappa shape index (κ2) is 2.57. The van der Waals surface area contributed by atoms with E-state index in [-0.39, 0.29) is 5.56 Å². The van der Waals surface area contributed by atoms with Crippen LogP contribution >= 0.6 is 12.6 Å².